The maximum absolute atomic E-state index is 12.9. The van der Waals surface area contributed by atoms with Crippen LogP contribution in [0, 0.1) is 0 Å². The fraction of sp³-hybridized carbons (Fsp3) is 0.286. The minimum absolute atomic E-state index is 0.238. The first-order valence-corrected chi connectivity index (χ1v) is 11.8. The number of hydrogen-bond donors (Lipinski definition) is 2. The summed E-state index contributed by atoms with van der Waals surface area (Å²) in [6, 6.07) is 9.70. The molecule has 0 saturated carbocycles. The lowest BCUT2D eigenvalue weighted by Gasteiger charge is -2.17. The van der Waals surface area contributed by atoms with Crippen LogP contribution < -0.4 is 14.9 Å². The van der Waals surface area contributed by atoms with Crippen molar-refractivity contribution in [2.75, 3.05) is 34.8 Å². The number of hydrogen-bond acceptors (Lipinski definition) is 6. The van der Waals surface area contributed by atoms with E-state index in [1.54, 1.807) is 54.9 Å². The van der Waals surface area contributed by atoms with Crippen LogP contribution in [0.5, 0.6) is 0 Å². The van der Waals surface area contributed by atoms with Gasteiger partial charge >= 0.3 is 6.09 Å². The van der Waals surface area contributed by atoms with Gasteiger partial charge in [-0.25, -0.2) is 18.2 Å². The van der Waals surface area contributed by atoms with Gasteiger partial charge < -0.3 is 10.1 Å². The first kappa shape index (κ1) is 23.1. The summed E-state index contributed by atoms with van der Waals surface area (Å²) in [5.41, 5.74) is 2.37. The van der Waals surface area contributed by atoms with E-state index in [-0.39, 0.29) is 6.61 Å². The summed E-state index contributed by atoms with van der Waals surface area (Å²) < 4.78 is 32.0. The third-order valence-corrected chi connectivity index (χ3v) is 5.15. The molecule has 11 heteroatoms. The molecule has 2 heterocycles. The van der Waals surface area contributed by atoms with Crippen molar-refractivity contribution in [1.29, 1.82) is 0 Å². The third-order valence-electron chi connectivity index (χ3n) is 4.54. The minimum atomic E-state index is -3.44. The lowest BCUT2D eigenvalue weighted by atomic mass is 10.2. The molecule has 10 nitrogen and oxygen atoms in total. The van der Waals surface area contributed by atoms with E-state index in [0.29, 0.717) is 40.5 Å². The molecule has 1 aromatic carbocycles. The van der Waals surface area contributed by atoms with Gasteiger partial charge in [0, 0.05) is 18.9 Å². The molecule has 0 bridgehead atoms. The second kappa shape index (κ2) is 9.27. The maximum Gasteiger partial charge on any atom is 0.415 e. The van der Waals surface area contributed by atoms with Crippen molar-refractivity contribution in [3.8, 4) is 0 Å². The second-order valence-electron chi connectivity index (χ2n) is 7.05. The van der Waals surface area contributed by atoms with E-state index in [1.165, 1.54) is 11.0 Å². The molecule has 2 aromatic heterocycles. The zero-order chi connectivity index (χ0) is 23.5. The molecule has 0 fully saturated rings. The van der Waals surface area contributed by atoms with Crippen LogP contribution in [0.3, 0.4) is 0 Å². The molecule has 2 N–H and O–H groups in total. The Hall–Kier alpha value is -3.60. The summed E-state index contributed by atoms with van der Waals surface area (Å²) in [6.45, 7) is 3.89. The fourth-order valence-corrected chi connectivity index (χ4v) is 3.75. The molecule has 0 atom stereocenters. The standard InChI is InChI=1S/C21H25N5O5S/c1-5-17-20(25(3)21(28)31-6-2)26-13-14(10-11-18(26)23-17)19(27)22-15-8-7-9-16(12-15)24-32(4,29)30/h7-13,24H,5-6H2,1-4H3,(H,22,27). The summed E-state index contributed by atoms with van der Waals surface area (Å²) in [5.74, 6) is 0.120. The van der Waals surface area contributed by atoms with Gasteiger partial charge in [-0.15, -0.1) is 0 Å². The largest absolute Gasteiger partial charge is 0.449 e. The third kappa shape index (κ3) is 5.17. The number of nitrogens with one attached hydrogen (secondary N) is 2. The summed E-state index contributed by atoms with van der Waals surface area (Å²) in [4.78, 5) is 31.0. The van der Waals surface area contributed by atoms with E-state index in [0.717, 1.165) is 6.26 Å². The highest BCUT2D eigenvalue weighted by molar-refractivity contribution is 7.92. The van der Waals surface area contributed by atoms with Gasteiger partial charge in [-0.2, -0.15) is 0 Å². The molecule has 2 amide bonds. The molecule has 0 spiro atoms. The number of amides is 2. The van der Waals surface area contributed by atoms with Crippen molar-refractivity contribution in [1.82, 2.24) is 9.38 Å². The lowest BCUT2D eigenvalue weighted by molar-refractivity contribution is 0.102. The molecule has 0 aliphatic heterocycles. The van der Waals surface area contributed by atoms with E-state index in [2.05, 4.69) is 15.0 Å². The van der Waals surface area contributed by atoms with E-state index < -0.39 is 22.0 Å². The number of nitrogens with zero attached hydrogens (tertiary/aromatic N) is 3. The Morgan fingerprint density at radius 2 is 1.88 bits per heavy atom. The molecule has 0 saturated heterocycles. The topological polar surface area (TPSA) is 122 Å². The Balaban J connectivity index is 1.92. The molecule has 0 aliphatic rings. The van der Waals surface area contributed by atoms with Gasteiger partial charge in [-0.1, -0.05) is 13.0 Å². The number of rotatable bonds is 7. The van der Waals surface area contributed by atoms with Gasteiger partial charge in [-0.3, -0.25) is 18.8 Å². The van der Waals surface area contributed by atoms with Crippen molar-refractivity contribution in [3.63, 3.8) is 0 Å². The predicted molar refractivity (Wildman–Crippen MR) is 123 cm³/mol. The number of benzene rings is 1. The van der Waals surface area contributed by atoms with Crippen LogP contribution in [0.15, 0.2) is 42.6 Å². The summed E-state index contributed by atoms with van der Waals surface area (Å²) in [5, 5.41) is 2.75. The molecule has 170 valence electrons. The van der Waals surface area contributed by atoms with Gasteiger partial charge in [0.15, 0.2) is 0 Å². The highest BCUT2D eigenvalue weighted by Crippen LogP contribution is 2.24. The van der Waals surface area contributed by atoms with Gasteiger partial charge in [0.25, 0.3) is 5.91 Å². The second-order valence-corrected chi connectivity index (χ2v) is 8.80. The number of carbonyl (C=O) groups is 2. The molecular formula is C21H25N5O5S. The molecule has 3 aromatic rings. The molecule has 0 radical (unpaired) electrons. The van der Waals surface area contributed by atoms with E-state index in [9.17, 15) is 18.0 Å². The van der Waals surface area contributed by atoms with Crippen molar-refractivity contribution < 1.29 is 22.7 Å². The first-order valence-electron chi connectivity index (χ1n) is 9.93. The van der Waals surface area contributed by atoms with Crippen molar-refractivity contribution in [2.24, 2.45) is 0 Å². The van der Waals surface area contributed by atoms with Crippen LogP contribution in [0.2, 0.25) is 0 Å². The highest BCUT2D eigenvalue weighted by atomic mass is 32.2. The van der Waals surface area contributed by atoms with Gasteiger partial charge in [0.2, 0.25) is 10.0 Å². The van der Waals surface area contributed by atoms with Crippen LogP contribution in [0.4, 0.5) is 22.0 Å². The highest BCUT2D eigenvalue weighted by Gasteiger charge is 2.21. The number of ether oxygens (including phenoxy) is 1. The van der Waals surface area contributed by atoms with Gasteiger partial charge in [-0.05, 0) is 43.7 Å². The molecule has 0 unspecified atom stereocenters. The van der Waals surface area contributed by atoms with Crippen LogP contribution in [0.25, 0.3) is 5.65 Å². The molecular weight excluding hydrogens is 434 g/mol. The number of aromatic nitrogens is 2. The van der Waals surface area contributed by atoms with Gasteiger partial charge in [0.1, 0.15) is 11.5 Å². The van der Waals surface area contributed by atoms with Crippen molar-refractivity contribution in [3.05, 3.63) is 53.9 Å². The summed E-state index contributed by atoms with van der Waals surface area (Å²) in [6.07, 6.45) is 2.71. The number of aryl methyl sites for hydroxylation is 1. The normalized spacial score (nSPS) is 11.2. The first-order chi connectivity index (χ1) is 15.1. The summed E-state index contributed by atoms with van der Waals surface area (Å²) >= 11 is 0. The Labute approximate surface area is 186 Å². The van der Waals surface area contributed by atoms with Gasteiger partial charge in [0.05, 0.1) is 29.8 Å². The monoisotopic (exact) mass is 459 g/mol. The number of sulfonamides is 1. The minimum Gasteiger partial charge on any atom is -0.449 e. The molecule has 32 heavy (non-hydrogen) atoms. The fourth-order valence-electron chi connectivity index (χ4n) is 3.19. The number of imidazole rings is 1. The predicted octanol–water partition coefficient (Wildman–Crippen LogP) is 3.11. The molecule has 0 aliphatic carbocycles. The number of pyridine rings is 1. The smallest absolute Gasteiger partial charge is 0.415 e. The number of anilines is 3. The quantitative estimate of drug-likeness (QED) is 0.560. The zero-order valence-corrected chi connectivity index (χ0v) is 19.1. The zero-order valence-electron chi connectivity index (χ0n) is 18.2. The van der Waals surface area contributed by atoms with Crippen molar-refractivity contribution >= 4 is 44.9 Å². The van der Waals surface area contributed by atoms with Crippen LogP contribution in [0.1, 0.15) is 29.9 Å². The average molecular weight is 460 g/mol. The summed E-state index contributed by atoms with van der Waals surface area (Å²) in [7, 11) is -1.85. The van der Waals surface area contributed by atoms with Crippen molar-refractivity contribution in [2.45, 2.75) is 20.3 Å². The number of carbonyl (C=O) groups excluding carboxylic acids is 2. The van der Waals surface area contributed by atoms with E-state index in [4.69, 9.17) is 4.74 Å². The SMILES string of the molecule is CCOC(=O)N(C)c1c(CC)nc2ccc(C(=O)Nc3cccc(NS(C)(=O)=O)c3)cn12. The average Bonchev–Trinajstić information content (AvgIpc) is 3.10. The van der Waals surface area contributed by atoms with Crippen LogP contribution in [-0.4, -0.2) is 49.7 Å². The van der Waals surface area contributed by atoms with Crippen LogP contribution in [-0.2, 0) is 21.2 Å². The molecule has 3 rings (SSSR count). The Morgan fingerprint density at radius 1 is 1.16 bits per heavy atom. The Bertz CT molecular complexity index is 1270. The Kier molecular flexibility index (Phi) is 6.68. The van der Waals surface area contributed by atoms with E-state index >= 15 is 0 Å². The Morgan fingerprint density at radius 3 is 2.53 bits per heavy atom. The lowest BCUT2D eigenvalue weighted by Crippen LogP contribution is -2.29. The van der Waals surface area contributed by atoms with Crippen LogP contribution >= 0.6 is 0 Å². The van der Waals surface area contributed by atoms with E-state index in [1.807, 2.05) is 6.92 Å². The number of fused-ring (bicyclic) bond motifs is 1. The maximum atomic E-state index is 12.9.